The van der Waals surface area contributed by atoms with Gasteiger partial charge in [0.1, 0.15) is 0 Å². The summed E-state index contributed by atoms with van der Waals surface area (Å²) in [6.07, 6.45) is 14.8. The SMILES string of the molecule is C=C/C=C\c1cnc2nc(nc([NH-])c(/C=C\C)c(C=C)cnc3nc(nc([NH-])c1C)C(F)=C3C)-c1ccccc1-2.CC.CC.CS.[Cu+2]. The first-order valence-corrected chi connectivity index (χ1v) is 15.7. The Morgan fingerprint density at radius 2 is 1.28 bits per heavy atom. The van der Waals surface area contributed by atoms with Crippen molar-refractivity contribution in [3.63, 3.8) is 0 Å². The number of hydrogen-bond acceptors (Lipinski definition) is 7. The second-order valence-corrected chi connectivity index (χ2v) is 8.69. The summed E-state index contributed by atoms with van der Waals surface area (Å²) in [5.74, 6) is -0.316. The summed E-state index contributed by atoms with van der Waals surface area (Å²) in [5.41, 5.74) is 20.9. The molecule has 0 fully saturated rings. The average Bonchev–Trinajstić information content (AvgIpc) is 3.57. The number of hydrogen-bond donors (Lipinski definition) is 1. The van der Waals surface area contributed by atoms with Crippen molar-refractivity contribution in [2.75, 3.05) is 6.26 Å². The molecule has 0 unspecified atom stereocenters. The third kappa shape index (κ3) is 10.8. The van der Waals surface area contributed by atoms with Crippen molar-refractivity contribution < 1.29 is 21.5 Å². The van der Waals surface area contributed by atoms with Crippen LogP contribution in [0.5, 0.6) is 0 Å². The van der Waals surface area contributed by atoms with Crippen molar-refractivity contribution in [2.45, 2.75) is 48.5 Å². The Kier molecular flexibility index (Phi) is 20.1. The van der Waals surface area contributed by atoms with Gasteiger partial charge in [-0.3, -0.25) is 0 Å². The normalized spacial score (nSPS) is 10.7. The van der Waals surface area contributed by atoms with E-state index in [1.807, 2.05) is 58.9 Å². The number of benzene rings is 1. The maximum Gasteiger partial charge on any atom is 2.00 e. The third-order valence-corrected chi connectivity index (χ3v) is 6.10. The van der Waals surface area contributed by atoms with Crippen LogP contribution in [0.3, 0.4) is 0 Å². The van der Waals surface area contributed by atoms with Crippen molar-refractivity contribution in [3.05, 3.63) is 113 Å². The van der Waals surface area contributed by atoms with E-state index < -0.39 is 5.83 Å². The quantitative estimate of drug-likeness (QED) is 0.164. The molecule has 0 aliphatic carbocycles. The van der Waals surface area contributed by atoms with Crippen LogP contribution >= 0.6 is 12.6 Å². The summed E-state index contributed by atoms with van der Waals surface area (Å²) in [4.78, 5) is 26.5. The van der Waals surface area contributed by atoms with Crippen LogP contribution in [0, 0.1) is 6.92 Å². The van der Waals surface area contributed by atoms with Gasteiger partial charge in [0.2, 0.25) is 0 Å². The molecule has 4 rings (SSSR count). The van der Waals surface area contributed by atoms with Gasteiger partial charge < -0.3 is 21.4 Å². The van der Waals surface area contributed by atoms with Crippen LogP contribution in [-0.4, -0.2) is 36.2 Å². The Morgan fingerprint density at radius 3 is 1.85 bits per heavy atom. The van der Waals surface area contributed by atoms with Gasteiger partial charge in [0.05, 0.1) is 11.6 Å². The summed E-state index contributed by atoms with van der Waals surface area (Å²) in [7, 11) is 0. The van der Waals surface area contributed by atoms with E-state index in [0.717, 1.165) is 11.1 Å². The molecule has 2 aromatic rings. The summed E-state index contributed by atoms with van der Waals surface area (Å²) in [6.45, 7) is 20.6. The van der Waals surface area contributed by atoms with Crippen LogP contribution in [0.15, 0.2) is 68.0 Å². The molecule has 0 amide bonds. The number of nitrogens with one attached hydrogen (secondary N) is 2. The van der Waals surface area contributed by atoms with Gasteiger partial charge in [0.15, 0.2) is 17.5 Å². The molecule has 0 atom stereocenters. The standard InChI is InChI=1S/C31H27FN8.2C2H6.CH4S.Cu/c1-6-9-13-21-17-36-29-23-14-10-11-15-24(23)30(40-29)38-27(34)22(12-7-2)20(8-3)16-35-28-19(5)25(32)31(39-28)37-26(33)18(21)4;3*1-2;/h6-17H,1,3H2,2,4-5H3,(H2-2,33,34,35,36,37,38,39,40);2*1-2H3;2H,1H3;/q-2;;;;+2/b12-7-,13-9-;;;;. The molecule has 0 spiro atoms. The first-order chi connectivity index (χ1) is 22.3. The third-order valence-electron chi connectivity index (χ3n) is 6.10. The zero-order chi connectivity index (χ0) is 34.8. The summed E-state index contributed by atoms with van der Waals surface area (Å²) >= 11 is 3.53. The average molecular weight is 702 g/mol. The van der Waals surface area contributed by atoms with Gasteiger partial charge in [-0.15, -0.1) is 0 Å². The smallest absolute Gasteiger partial charge is 0.482 e. The van der Waals surface area contributed by atoms with Crippen molar-refractivity contribution >= 4 is 53.9 Å². The zero-order valence-electron chi connectivity index (χ0n) is 28.2. The summed E-state index contributed by atoms with van der Waals surface area (Å²) in [5, 5.41) is 0. The van der Waals surface area contributed by atoms with Crippen LogP contribution in [-0.2, 0) is 17.1 Å². The summed E-state index contributed by atoms with van der Waals surface area (Å²) < 4.78 is 15.1. The van der Waals surface area contributed by atoms with Gasteiger partial charge in [-0.1, -0.05) is 113 Å². The van der Waals surface area contributed by atoms with Gasteiger partial charge in [0.25, 0.3) is 0 Å². The molecule has 0 saturated carbocycles. The fourth-order valence-corrected chi connectivity index (χ4v) is 3.88. The molecule has 8 nitrogen and oxygen atoms in total. The topological polar surface area (TPSA) is 125 Å². The molecule has 251 valence electrons. The zero-order valence-corrected chi connectivity index (χ0v) is 30.0. The van der Waals surface area contributed by atoms with E-state index in [9.17, 15) is 0 Å². The largest absolute Gasteiger partial charge is 2.00 e. The van der Waals surface area contributed by atoms with Crippen molar-refractivity contribution in [2.24, 2.45) is 0 Å². The van der Waals surface area contributed by atoms with Crippen LogP contribution in [0.25, 0.3) is 63.9 Å². The molecule has 1 aromatic heterocycles. The van der Waals surface area contributed by atoms with E-state index in [1.54, 1.807) is 56.7 Å². The molecule has 4 bridgehead atoms. The minimum Gasteiger partial charge on any atom is -0.482 e. The number of fused-ring (bicyclic) bond motifs is 7. The van der Waals surface area contributed by atoms with Crippen LogP contribution in [0.1, 0.15) is 75.4 Å². The Balaban J connectivity index is 0.00000286. The second kappa shape index (κ2) is 22.1. The van der Waals surface area contributed by atoms with Gasteiger partial charge in [-0.2, -0.15) is 12.6 Å². The molecule has 11 heteroatoms. The van der Waals surface area contributed by atoms with Crippen molar-refractivity contribution in [1.29, 1.82) is 0 Å². The Hall–Kier alpha value is -4.44. The Bertz CT molecular complexity index is 1720. The molecule has 2 aliphatic rings. The molecule has 0 saturated heterocycles. The van der Waals surface area contributed by atoms with Gasteiger partial charge in [0, 0.05) is 29.1 Å². The van der Waals surface area contributed by atoms with Crippen LogP contribution in [0.2, 0.25) is 0 Å². The van der Waals surface area contributed by atoms with E-state index in [1.165, 1.54) is 12.3 Å². The van der Waals surface area contributed by atoms with E-state index in [-0.39, 0.29) is 45.9 Å². The Morgan fingerprint density at radius 1 is 0.745 bits per heavy atom. The van der Waals surface area contributed by atoms with Gasteiger partial charge >= 0.3 is 17.1 Å². The molecule has 2 aliphatic heterocycles. The van der Waals surface area contributed by atoms with Crippen LogP contribution < -0.4 is 0 Å². The maximum absolute atomic E-state index is 15.1. The first kappa shape index (κ1) is 42.6. The molecule has 2 N–H and O–H groups in total. The number of thiol groups is 1. The van der Waals surface area contributed by atoms with Gasteiger partial charge in [-0.25, -0.2) is 24.3 Å². The number of rotatable bonds is 4. The first-order valence-electron chi connectivity index (χ1n) is 14.8. The van der Waals surface area contributed by atoms with Gasteiger partial charge in [-0.05, 0) is 49.3 Å². The molecule has 3 heterocycles. The minimum absolute atomic E-state index is 0. The fourth-order valence-electron chi connectivity index (χ4n) is 3.88. The predicted octanol–water partition coefficient (Wildman–Crippen LogP) is 11.4. The Labute approximate surface area is 295 Å². The number of allylic oxidation sites excluding steroid dienone is 4. The molecular weight excluding hydrogens is 659 g/mol. The van der Waals surface area contributed by atoms with Crippen molar-refractivity contribution in [3.8, 4) is 22.8 Å². The minimum atomic E-state index is -0.667. The maximum atomic E-state index is 15.1. The van der Waals surface area contributed by atoms with E-state index in [0.29, 0.717) is 33.9 Å². The van der Waals surface area contributed by atoms with E-state index >= 15 is 4.39 Å². The summed E-state index contributed by atoms with van der Waals surface area (Å²) in [6, 6.07) is 7.49. The second-order valence-electron chi connectivity index (χ2n) is 8.69. The molecule has 1 aromatic carbocycles. The molecular formula is C36H43CuFN8S. The molecule has 47 heavy (non-hydrogen) atoms. The number of aromatic nitrogens is 6. The molecule has 1 radical (unpaired) electrons. The van der Waals surface area contributed by atoms with Crippen molar-refractivity contribution in [1.82, 2.24) is 29.9 Å². The van der Waals surface area contributed by atoms with Crippen LogP contribution in [0.4, 0.5) is 16.0 Å². The number of nitrogens with zero attached hydrogens (tertiary/aromatic N) is 6. The predicted molar refractivity (Wildman–Crippen MR) is 198 cm³/mol. The van der Waals surface area contributed by atoms with E-state index in [2.05, 4.69) is 55.7 Å². The number of halogens is 1. The monoisotopic (exact) mass is 701 g/mol. The fraction of sp³-hybridized carbons (Fsp3) is 0.222. The van der Waals surface area contributed by atoms with E-state index in [4.69, 9.17) is 11.5 Å².